The largest absolute Gasteiger partial charge is 0.598 e. The monoisotopic (exact) mass is 405 g/mol. The molecule has 4 nitrogen and oxygen atoms in total. The van der Waals surface area contributed by atoms with Gasteiger partial charge in [-0.1, -0.05) is 18.2 Å². The number of rotatable bonds is 6. The maximum Gasteiger partial charge on any atom is 0.305 e. The Balaban J connectivity index is 2.60. The number of aliphatic carboxylic acids is 1. The van der Waals surface area contributed by atoms with Crippen LogP contribution in [0.3, 0.4) is 0 Å². The van der Waals surface area contributed by atoms with Crippen molar-refractivity contribution in [2.24, 2.45) is 0 Å². The highest BCUT2D eigenvalue weighted by Crippen LogP contribution is 2.34. The molecule has 0 heterocycles. The number of carboxylic acids is 1. The minimum absolute atomic E-state index is 0.220. The molecule has 6 heteroatoms. The van der Waals surface area contributed by atoms with Crippen molar-refractivity contribution in [3.63, 3.8) is 0 Å². The van der Waals surface area contributed by atoms with E-state index in [9.17, 15) is 14.5 Å². The van der Waals surface area contributed by atoms with Crippen molar-refractivity contribution in [1.82, 2.24) is 4.72 Å². The van der Waals surface area contributed by atoms with Crippen molar-refractivity contribution < 1.29 is 18.8 Å². The van der Waals surface area contributed by atoms with Gasteiger partial charge in [0, 0.05) is 16.9 Å². The Labute approximate surface area is 169 Å². The number of carbonyl (C=O) groups is 1. The van der Waals surface area contributed by atoms with Gasteiger partial charge >= 0.3 is 5.97 Å². The van der Waals surface area contributed by atoms with Gasteiger partial charge in [0.25, 0.3) is 0 Å². The van der Waals surface area contributed by atoms with Gasteiger partial charge in [-0.05, 0) is 81.5 Å². The molecule has 0 saturated heterocycles. The van der Waals surface area contributed by atoms with Crippen molar-refractivity contribution in [1.29, 1.82) is 0 Å². The normalized spacial score (nSPS) is 14.0. The molecule has 0 saturated carbocycles. The molecule has 152 valence electrons. The lowest BCUT2D eigenvalue weighted by Crippen LogP contribution is -2.42. The number of aryl methyl sites for hydroxylation is 3. The van der Waals surface area contributed by atoms with Gasteiger partial charge < -0.3 is 9.66 Å². The summed E-state index contributed by atoms with van der Waals surface area (Å²) in [5.41, 5.74) is 4.57. The zero-order chi connectivity index (χ0) is 21.2. The first-order chi connectivity index (χ1) is 12.9. The van der Waals surface area contributed by atoms with E-state index in [0.29, 0.717) is 5.56 Å². The highest BCUT2D eigenvalue weighted by atomic mass is 32.2. The summed E-state index contributed by atoms with van der Waals surface area (Å²) in [5.74, 6) is -1.56. The van der Waals surface area contributed by atoms with E-state index in [-0.39, 0.29) is 12.0 Å². The molecule has 2 unspecified atom stereocenters. The first kappa shape index (κ1) is 22.4. The molecule has 2 aromatic rings. The molecule has 2 N–H and O–H groups in total. The van der Waals surface area contributed by atoms with E-state index in [2.05, 4.69) is 4.72 Å². The summed E-state index contributed by atoms with van der Waals surface area (Å²) < 4.78 is 29.8. The molecule has 0 spiro atoms. The number of nitrogens with one attached hydrogen (secondary N) is 1. The van der Waals surface area contributed by atoms with E-state index < -0.39 is 33.9 Å². The number of hydrogen-bond donors (Lipinski definition) is 2. The predicted octanol–water partition coefficient (Wildman–Crippen LogP) is 4.99. The van der Waals surface area contributed by atoms with Crippen LogP contribution in [0.1, 0.15) is 55.5 Å². The molecule has 0 aromatic heterocycles. The average molecular weight is 406 g/mol. The van der Waals surface area contributed by atoms with Crippen LogP contribution in [-0.2, 0) is 16.2 Å². The Hall–Kier alpha value is -1.89. The Morgan fingerprint density at radius 1 is 1.18 bits per heavy atom. The SMILES string of the molecule is Cc1cc(-c2c(C)cccc2C)cc(C(CC(=O)O)N[S+]([O-])C(C)(C)C)c1F. The summed E-state index contributed by atoms with van der Waals surface area (Å²) in [6.45, 7) is 11.0. The van der Waals surface area contributed by atoms with Gasteiger partial charge in [-0.3, -0.25) is 4.79 Å². The zero-order valence-electron chi connectivity index (χ0n) is 17.2. The van der Waals surface area contributed by atoms with Crippen LogP contribution >= 0.6 is 0 Å². The lowest BCUT2D eigenvalue weighted by molar-refractivity contribution is -0.137. The van der Waals surface area contributed by atoms with Crippen molar-refractivity contribution in [2.75, 3.05) is 0 Å². The molecule has 2 atom stereocenters. The molecule has 2 aromatic carbocycles. The minimum Gasteiger partial charge on any atom is -0.598 e. The minimum atomic E-state index is -1.54. The summed E-state index contributed by atoms with van der Waals surface area (Å²) in [6.07, 6.45) is -0.367. The van der Waals surface area contributed by atoms with Crippen LogP contribution in [0, 0.1) is 26.6 Å². The molecule has 0 aliphatic carbocycles. The molecule has 0 bridgehead atoms. The third-order valence-corrected chi connectivity index (χ3v) is 6.22. The van der Waals surface area contributed by atoms with Gasteiger partial charge in [0.15, 0.2) is 0 Å². The van der Waals surface area contributed by atoms with Gasteiger partial charge in [-0.2, -0.15) is 0 Å². The fourth-order valence-corrected chi connectivity index (χ4v) is 3.98. The highest BCUT2D eigenvalue weighted by molar-refractivity contribution is 7.90. The second-order valence-corrected chi connectivity index (χ2v) is 10.1. The van der Waals surface area contributed by atoms with E-state index in [1.807, 2.05) is 32.0 Å². The Kier molecular flexibility index (Phi) is 6.91. The third-order valence-electron chi connectivity index (χ3n) is 4.61. The van der Waals surface area contributed by atoms with Gasteiger partial charge in [0.05, 0.1) is 12.5 Å². The quantitative estimate of drug-likeness (QED) is 0.665. The van der Waals surface area contributed by atoms with Crippen LogP contribution in [0.15, 0.2) is 30.3 Å². The maximum absolute atomic E-state index is 15.0. The predicted molar refractivity (Wildman–Crippen MR) is 112 cm³/mol. The Morgan fingerprint density at radius 2 is 1.75 bits per heavy atom. The molecule has 0 aliphatic rings. The molecular weight excluding hydrogens is 377 g/mol. The highest BCUT2D eigenvalue weighted by Gasteiger charge is 2.32. The Morgan fingerprint density at radius 3 is 2.25 bits per heavy atom. The summed E-state index contributed by atoms with van der Waals surface area (Å²) in [5, 5.41) is 9.33. The van der Waals surface area contributed by atoms with E-state index in [1.165, 1.54) is 0 Å². The van der Waals surface area contributed by atoms with Gasteiger partial charge in [-0.15, -0.1) is 4.72 Å². The first-order valence-electron chi connectivity index (χ1n) is 9.18. The fraction of sp³-hybridized carbons (Fsp3) is 0.409. The van der Waals surface area contributed by atoms with Crippen LogP contribution in [0.5, 0.6) is 0 Å². The standard InChI is InChI=1S/C22H28FNO3S/c1-13-8-7-9-14(2)20(13)16-10-15(3)21(23)17(11-16)18(12-19(25)26)24-28(27)22(4,5)6/h7-11,18,24H,12H2,1-6H3,(H,25,26). The fourth-order valence-electron chi connectivity index (χ4n) is 3.16. The van der Waals surface area contributed by atoms with Crippen molar-refractivity contribution in [3.05, 3.63) is 58.4 Å². The molecule has 0 fully saturated rings. The van der Waals surface area contributed by atoms with Gasteiger partial charge in [0.2, 0.25) is 0 Å². The lowest BCUT2D eigenvalue weighted by Gasteiger charge is -2.28. The van der Waals surface area contributed by atoms with Crippen LogP contribution in [-0.4, -0.2) is 20.4 Å². The topological polar surface area (TPSA) is 72.4 Å². The third kappa shape index (κ3) is 5.13. The van der Waals surface area contributed by atoms with Crippen LogP contribution < -0.4 is 4.72 Å². The first-order valence-corrected chi connectivity index (χ1v) is 10.3. The van der Waals surface area contributed by atoms with Gasteiger partial charge in [0.1, 0.15) is 10.6 Å². The van der Waals surface area contributed by atoms with Crippen molar-refractivity contribution in [2.45, 2.75) is 58.8 Å². The Bertz CT molecular complexity index is 857. The van der Waals surface area contributed by atoms with Crippen LogP contribution in [0.2, 0.25) is 0 Å². The smallest absolute Gasteiger partial charge is 0.305 e. The van der Waals surface area contributed by atoms with Crippen molar-refractivity contribution in [3.8, 4) is 11.1 Å². The molecule has 0 radical (unpaired) electrons. The van der Waals surface area contributed by atoms with E-state index >= 15 is 4.39 Å². The second-order valence-electron chi connectivity index (χ2n) is 8.11. The van der Waals surface area contributed by atoms with Crippen LogP contribution in [0.25, 0.3) is 11.1 Å². The van der Waals surface area contributed by atoms with E-state index in [0.717, 1.165) is 22.3 Å². The second kappa shape index (κ2) is 8.64. The van der Waals surface area contributed by atoms with E-state index in [1.54, 1.807) is 39.8 Å². The number of benzene rings is 2. The average Bonchev–Trinajstić information content (AvgIpc) is 2.55. The number of halogens is 1. The molecule has 2 rings (SSSR count). The summed E-state index contributed by atoms with van der Waals surface area (Å²) >= 11 is -1.54. The molecule has 0 amide bonds. The molecule has 28 heavy (non-hydrogen) atoms. The number of hydrogen-bond acceptors (Lipinski definition) is 3. The summed E-state index contributed by atoms with van der Waals surface area (Å²) in [4.78, 5) is 11.4. The van der Waals surface area contributed by atoms with Crippen molar-refractivity contribution >= 4 is 17.3 Å². The lowest BCUT2D eigenvalue weighted by atomic mass is 9.91. The molecule has 0 aliphatic heterocycles. The number of carboxylic acid groups (broad SMARTS) is 1. The van der Waals surface area contributed by atoms with Crippen LogP contribution in [0.4, 0.5) is 4.39 Å². The van der Waals surface area contributed by atoms with Gasteiger partial charge in [-0.25, -0.2) is 4.39 Å². The van der Waals surface area contributed by atoms with E-state index in [4.69, 9.17) is 0 Å². The maximum atomic E-state index is 15.0. The molecular formula is C22H28FNO3S. The summed E-state index contributed by atoms with van der Waals surface area (Å²) in [6, 6.07) is 8.49. The summed E-state index contributed by atoms with van der Waals surface area (Å²) in [7, 11) is 0. The zero-order valence-corrected chi connectivity index (χ0v) is 18.0.